The number of hydrogen-bond acceptors (Lipinski definition) is 4. The van der Waals surface area contributed by atoms with Gasteiger partial charge in [0.15, 0.2) is 5.76 Å². The average Bonchev–Trinajstić information content (AvgIpc) is 2.88. The maximum Gasteiger partial charge on any atom is 0.151 e. The Morgan fingerprint density at radius 1 is 1.26 bits per heavy atom. The fourth-order valence-corrected chi connectivity index (χ4v) is 2.45. The number of halogens is 1. The second-order valence-corrected chi connectivity index (χ2v) is 5.15. The third-order valence-electron chi connectivity index (χ3n) is 3.27. The van der Waals surface area contributed by atoms with Crippen molar-refractivity contribution in [3.63, 3.8) is 0 Å². The minimum atomic E-state index is 0.712. The van der Waals surface area contributed by atoms with Gasteiger partial charge in [0.25, 0.3) is 0 Å². The zero-order valence-corrected chi connectivity index (χ0v) is 11.4. The van der Waals surface area contributed by atoms with Gasteiger partial charge in [-0.05, 0) is 12.1 Å². The summed E-state index contributed by atoms with van der Waals surface area (Å²) in [4.78, 5) is 2.36. The molecule has 0 amide bonds. The molecular weight excluding hydrogens is 262 g/mol. The fraction of sp³-hybridized carbons (Fsp3) is 0.357. The largest absolute Gasteiger partial charge is 0.359 e. The van der Waals surface area contributed by atoms with E-state index >= 15 is 0 Å². The van der Waals surface area contributed by atoms with Crippen LogP contribution in [0.4, 0.5) is 0 Å². The lowest BCUT2D eigenvalue weighted by Crippen LogP contribution is -2.42. The Kier molecular flexibility index (Phi) is 3.82. The zero-order chi connectivity index (χ0) is 13.1. The average molecular weight is 278 g/mol. The van der Waals surface area contributed by atoms with Crippen LogP contribution in [0.5, 0.6) is 0 Å². The molecule has 0 saturated carbocycles. The van der Waals surface area contributed by atoms with Crippen molar-refractivity contribution >= 4 is 11.6 Å². The van der Waals surface area contributed by atoms with E-state index < -0.39 is 0 Å². The van der Waals surface area contributed by atoms with E-state index in [1.807, 2.05) is 30.3 Å². The van der Waals surface area contributed by atoms with Gasteiger partial charge in [-0.3, -0.25) is 4.90 Å². The number of rotatable bonds is 3. The Balaban J connectivity index is 1.72. The van der Waals surface area contributed by atoms with Gasteiger partial charge in [0, 0.05) is 42.8 Å². The lowest BCUT2D eigenvalue weighted by molar-refractivity contribution is 0.207. The predicted molar refractivity (Wildman–Crippen MR) is 75.1 cm³/mol. The molecule has 0 unspecified atom stereocenters. The molecule has 1 aliphatic rings. The van der Waals surface area contributed by atoms with E-state index in [4.69, 9.17) is 16.1 Å². The standard InChI is InChI=1S/C14H16ClN3O/c15-12-3-1-2-11(8-12)14-9-13(19-17-14)10-18-6-4-16-5-7-18/h1-3,8-9,16H,4-7,10H2. The third-order valence-corrected chi connectivity index (χ3v) is 3.50. The summed E-state index contributed by atoms with van der Waals surface area (Å²) in [6.07, 6.45) is 0. The van der Waals surface area contributed by atoms with Gasteiger partial charge < -0.3 is 9.84 Å². The number of aromatic nitrogens is 1. The van der Waals surface area contributed by atoms with E-state index in [2.05, 4.69) is 15.4 Å². The molecule has 0 atom stereocenters. The van der Waals surface area contributed by atoms with E-state index in [0.29, 0.717) is 5.02 Å². The SMILES string of the molecule is Clc1cccc(-c2cc(CN3CCNCC3)on2)c1. The van der Waals surface area contributed by atoms with Crippen LogP contribution in [0.15, 0.2) is 34.9 Å². The van der Waals surface area contributed by atoms with E-state index in [0.717, 1.165) is 49.7 Å². The highest BCUT2D eigenvalue weighted by Gasteiger charge is 2.13. The van der Waals surface area contributed by atoms with Crippen LogP contribution in [-0.2, 0) is 6.54 Å². The maximum atomic E-state index is 5.98. The van der Waals surface area contributed by atoms with Gasteiger partial charge in [-0.15, -0.1) is 0 Å². The van der Waals surface area contributed by atoms with Crippen LogP contribution in [0.1, 0.15) is 5.76 Å². The quantitative estimate of drug-likeness (QED) is 0.935. The fourth-order valence-electron chi connectivity index (χ4n) is 2.26. The van der Waals surface area contributed by atoms with Gasteiger partial charge >= 0.3 is 0 Å². The van der Waals surface area contributed by atoms with Crippen molar-refractivity contribution in [3.8, 4) is 11.3 Å². The molecule has 1 fully saturated rings. The first kappa shape index (κ1) is 12.7. The van der Waals surface area contributed by atoms with Gasteiger partial charge in [-0.25, -0.2) is 0 Å². The normalized spacial score (nSPS) is 16.7. The Hall–Kier alpha value is -1.36. The summed E-state index contributed by atoms with van der Waals surface area (Å²) in [6.45, 7) is 4.99. The summed E-state index contributed by atoms with van der Waals surface area (Å²) in [5.74, 6) is 0.900. The van der Waals surface area contributed by atoms with Crippen LogP contribution in [0.2, 0.25) is 5.02 Å². The van der Waals surface area contributed by atoms with Crippen molar-refractivity contribution in [3.05, 3.63) is 41.1 Å². The molecule has 1 aromatic carbocycles. The topological polar surface area (TPSA) is 41.3 Å². The highest BCUT2D eigenvalue weighted by Crippen LogP contribution is 2.22. The number of hydrogen-bond donors (Lipinski definition) is 1. The Morgan fingerprint density at radius 2 is 2.11 bits per heavy atom. The highest BCUT2D eigenvalue weighted by atomic mass is 35.5. The summed E-state index contributed by atoms with van der Waals surface area (Å²) in [5.41, 5.74) is 1.83. The maximum absolute atomic E-state index is 5.98. The van der Waals surface area contributed by atoms with Gasteiger partial charge in [0.05, 0.1) is 6.54 Å². The van der Waals surface area contributed by atoms with Crippen molar-refractivity contribution in [2.75, 3.05) is 26.2 Å². The Morgan fingerprint density at radius 3 is 2.89 bits per heavy atom. The molecule has 5 heteroatoms. The molecule has 0 aliphatic carbocycles. The predicted octanol–water partition coefficient (Wildman–Crippen LogP) is 2.40. The second kappa shape index (κ2) is 5.74. The monoisotopic (exact) mass is 277 g/mol. The molecule has 1 aliphatic heterocycles. The minimum Gasteiger partial charge on any atom is -0.359 e. The number of nitrogens with one attached hydrogen (secondary N) is 1. The Bertz CT molecular complexity index is 549. The molecule has 4 nitrogen and oxygen atoms in total. The summed E-state index contributed by atoms with van der Waals surface area (Å²) in [6, 6.07) is 9.65. The first-order valence-electron chi connectivity index (χ1n) is 6.46. The van der Waals surface area contributed by atoms with Crippen molar-refractivity contribution in [1.29, 1.82) is 0 Å². The van der Waals surface area contributed by atoms with Crippen LogP contribution < -0.4 is 5.32 Å². The molecule has 19 heavy (non-hydrogen) atoms. The van der Waals surface area contributed by atoms with Crippen LogP contribution in [-0.4, -0.2) is 36.2 Å². The van der Waals surface area contributed by atoms with Gasteiger partial charge in [-0.1, -0.05) is 28.9 Å². The van der Waals surface area contributed by atoms with E-state index in [9.17, 15) is 0 Å². The van der Waals surface area contributed by atoms with E-state index in [1.54, 1.807) is 0 Å². The van der Waals surface area contributed by atoms with Crippen LogP contribution >= 0.6 is 11.6 Å². The number of piperazine rings is 1. The molecule has 2 heterocycles. The number of nitrogens with zero attached hydrogens (tertiary/aromatic N) is 2. The van der Waals surface area contributed by atoms with Crippen LogP contribution in [0.25, 0.3) is 11.3 Å². The van der Waals surface area contributed by atoms with Crippen molar-refractivity contribution in [1.82, 2.24) is 15.4 Å². The molecule has 0 bridgehead atoms. The summed E-state index contributed by atoms with van der Waals surface area (Å²) in [7, 11) is 0. The summed E-state index contributed by atoms with van der Waals surface area (Å²) >= 11 is 5.98. The molecule has 1 aromatic heterocycles. The van der Waals surface area contributed by atoms with E-state index in [1.165, 1.54) is 0 Å². The van der Waals surface area contributed by atoms with E-state index in [-0.39, 0.29) is 0 Å². The molecule has 2 aromatic rings. The van der Waals surface area contributed by atoms with Crippen molar-refractivity contribution < 1.29 is 4.52 Å². The summed E-state index contributed by atoms with van der Waals surface area (Å²) in [5, 5.41) is 8.16. The second-order valence-electron chi connectivity index (χ2n) is 4.71. The van der Waals surface area contributed by atoms with Crippen LogP contribution in [0.3, 0.4) is 0 Å². The first-order valence-corrected chi connectivity index (χ1v) is 6.84. The third kappa shape index (κ3) is 3.15. The summed E-state index contributed by atoms with van der Waals surface area (Å²) < 4.78 is 5.41. The van der Waals surface area contributed by atoms with Gasteiger partial charge in [0.2, 0.25) is 0 Å². The zero-order valence-electron chi connectivity index (χ0n) is 10.6. The molecule has 0 radical (unpaired) electrons. The Labute approximate surface area is 117 Å². The van der Waals surface area contributed by atoms with Crippen molar-refractivity contribution in [2.45, 2.75) is 6.54 Å². The van der Waals surface area contributed by atoms with Gasteiger partial charge in [0.1, 0.15) is 5.69 Å². The molecule has 3 rings (SSSR count). The molecule has 1 N–H and O–H groups in total. The van der Waals surface area contributed by atoms with Crippen LogP contribution in [0, 0.1) is 0 Å². The number of benzene rings is 1. The highest BCUT2D eigenvalue weighted by molar-refractivity contribution is 6.30. The molecular formula is C14H16ClN3O. The molecule has 0 spiro atoms. The van der Waals surface area contributed by atoms with Gasteiger partial charge in [-0.2, -0.15) is 0 Å². The lowest BCUT2D eigenvalue weighted by atomic mass is 10.1. The first-order chi connectivity index (χ1) is 9.31. The van der Waals surface area contributed by atoms with Crippen molar-refractivity contribution in [2.24, 2.45) is 0 Å². The smallest absolute Gasteiger partial charge is 0.151 e. The molecule has 100 valence electrons. The minimum absolute atomic E-state index is 0.712. The lowest BCUT2D eigenvalue weighted by Gasteiger charge is -2.25. The molecule has 1 saturated heterocycles.